The highest BCUT2D eigenvalue weighted by Gasteiger charge is 2.26. The van der Waals surface area contributed by atoms with Crippen LogP contribution >= 0.6 is 0 Å². The van der Waals surface area contributed by atoms with E-state index >= 15 is 0 Å². The van der Waals surface area contributed by atoms with E-state index in [4.69, 9.17) is 9.47 Å². The summed E-state index contributed by atoms with van der Waals surface area (Å²) < 4.78 is 10.7. The highest BCUT2D eigenvalue weighted by molar-refractivity contribution is 6.04. The molecule has 0 bridgehead atoms. The Morgan fingerprint density at radius 1 is 1.06 bits per heavy atom. The van der Waals surface area contributed by atoms with E-state index in [2.05, 4.69) is 10.2 Å². The molecule has 4 rings (SSSR count). The molecule has 33 heavy (non-hydrogen) atoms. The van der Waals surface area contributed by atoms with Crippen molar-refractivity contribution >= 4 is 17.5 Å². The molecule has 3 aromatic rings. The van der Waals surface area contributed by atoms with Crippen molar-refractivity contribution in [2.45, 2.75) is 18.8 Å². The highest BCUT2D eigenvalue weighted by Crippen LogP contribution is 2.28. The fourth-order valence-corrected chi connectivity index (χ4v) is 3.94. The van der Waals surface area contributed by atoms with Crippen molar-refractivity contribution in [3.63, 3.8) is 0 Å². The number of amides is 2. The molecule has 2 heterocycles. The first kappa shape index (κ1) is 22.4. The van der Waals surface area contributed by atoms with Crippen LogP contribution in [0, 0.1) is 0 Å². The van der Waals surface area contributed by atoms with Crippen LogP contribution in [0.15, 0.2) is 60.7 Å². The first-order chi connectivity index (χ1) is 16.0. The zero-order valence-corrected chi connectivity index (χ0v) is 18.9. The molecular weight excluding hydrogens is 420 g/mol. The van der Waals surface area contributed by atoms with Crippen LogP contribution in [0.5, 0.6) is 11.5 Å². The number of benzene rings is 2. The van der Waals surface area contributed by atoms with Gasteiger partial charge in [-0.3, -0.25) is 14.7 Å². The van der Waals surface area contributed by atoms with E-state index in [1.807, 2.05) is 41.3 Å². The maximum Gasteiger partial charge on any atom is 0.278 e. The van der Waals surface area contributed by atoms with Crippen molar-refractivity contribution in [2.75, 3.05) is 38.8 Å². The van der Waals surface area contributed by atoms with Crippen molar-refractivity contribution < 1.29 is 19.1 Å². The van der Waals surface area contributed by atoms with Crippen LogP contribution in [-0.2, 0) is 4.79 Å². The van der Waals surface area contributed by atoms with E-state index in [1.165, 1.54) is 0 Å². The van der Waals surface area contributed by atoms with Gasteiger partial charge in [-0.2, -0.15) is 5.10 Å². The van der Waals surface area contributed by atoms with E-state index in [9.17, 15) is 9.59 Å². The average Bonchev–Trinajstić information content (AvgIpc) is 3.37. The molecule has 2 aromatic carbocycles. The van der Waals surface area contributed by atoms with Crippen LogP contribution in [0.4, 0.5) is 5.69 Å². The van der Waals surface area contributed by atoms with Gasteiger partial charge in [-0.25, -0.2) is 0 Å². The third kappa shape index (κ3) is 5.34. The van der Waals surface area contributed by atoms with Gasteiger partial charge in [0, 0.05) is 37.4 Å². The van der Waals surface area contributed by atoms with Gasteiger partial charge in [0.25, 0.3) is 11.8 Å². The van der Waals surface area contributed by atoms with Crippen LogP contribution in [0.25, 0.3) is 0 Å². The second kappa shape index (κ2) is 10.2. The molecule has 1 aromatic heterocycles. The van der Waals surface area contributed by atoms with Gasteiger partial charge in [-0.05, 0) is 55.3 Å². The number of piperidine rings is 1. The first-order valence-electron chi connectivity index (χ1n) is 11.0. The number of carbonyl (C=O) groups is 2. The number of hydrogen-bond donors (Lipinski definition) is 1. The van der Waals surface area contributed by atoms with Gasteiger partial charge in [0.15, 0.2) is 12.3 Å². The summed E-state index contributed by atoms with van der Waals surface area (Å²) in [5.74, 6) is 1.41. The van der Waals surface area contributed by atoms with Crippen LogP contribution in [0.3, 0.4) is 0 Å². The molecule has 0 aliphatic carbocycles. The Balaban J connectivity index is 1.27. The Hall–Kier alpha value is -3.81. The molecule has 2 amide bonds. The van der Waals surface area contributed by atoms with Crippen LogP contribution in [0.1, 0.15) is 34.9 Å². The Bertz CT molecular complexity index is 1070. The lowest BCUT2D eigenvalue weighted by atomic mass is 9.93. The minimum Gasteiger partial charge on any atom is -0.497 e. The molecule has 0 spiro atoms. The molecule has 0 atom stereocenters. The lowest BCUT2D eigenvalue weighted by Crippen LogP contribution is -2.40. The molecular formula is C25H28N4O4. The minimum absolute atomic E-state index is 0.00548. The van der Waals surface area contributed by atoms with Gasteiger partial charge < -0.3 is 19.3 Å². The number of nitrogens with zero attached hydrogens (tertiary/aromatic N) is 3. The summed E-state index contributed by atoms with van der Waals surface area (Å²) in [6.07, 6.45) is 1.61. The smallest absolute Gasteiger partial charge is 0.278 e. The Morgan fingerprint density at radius 3 is 2.39 bits per heavy atom. The fourth-order valence-electron chi connectivity index (χ4n) is 3.94. The monoisotopic (exact) mass is 448 g/mol. The van der Waals surface area contributed by atoms with Crippen molar-refractivity contribution in [2.24, 2.45) is 0 Å². The number of aromatic nitrogens is 2. The summed E-state index contributed by atoms with van der Waals surface area (Å²) in [4.78, 5) is 28.7. The molecule has 0 unspecified atom stereocenters. The van der Waals surface area contributed by atoms with Gasteiger partial charge in [0.2, 0.25) is 0 Å². The second-order valence-corrected chi connectivity index (χ2v) is 8.03. The fraction of sp³-hybridized carbons (Fsp3) is 0.320. The third-order valence-electron chi connectivity index (χ3n) is 5.97. The number of carbonyl (C=O) groups excluding carboxylic acids is 2. The van der Waals surface area contributed by atoms with E-state index in [0.717, 1.165) is 30.0 Å². The lowest BCUT2D eigenvalue weighted by Gasteiger charge is -2.31. The van der Waals surface area contributed by atoms with E-state index in [0.29, 0.717) is 24.5 Å². The van der Waals surface area contributed by atoms with E-state index in [1.54, 1.807) is 43.3 Å². The molecule has 1 fully saturated rings. The number of para-hydroxylation sites is 1. The number of ether oxygens (including phenoxy) is 2. The number of methoxy groups -OCH3 is 1. The quantitative estimate of drug-likeness (QED) is 0.598. The summed E-state index contributed by atoms with van der Waals surface area (Å²) in [5.41, 5.74) is 2.14. The first-order valence-corrected chi connectivity index (χ1v) is 11.0. The standard InChI is InChI=1S/C25H28N4O4/c1-28(19-6-4-3-5-7-19)25(31)23-16-22(26-27-23)18-12-14-29(15-13-18)24(30)17-33-21-10-8-20(32-2)9-11-21/h3-11,16,18H,12-15,17H2,1-2H3,(H,26,27). The molecule has 0 saturated carbocycles. The van der Waals surface area contributed by atoms with Gasteiger partial charge in [0.05, 0.1) is 7.11 Å². The predicted octanol–water partition coefficient (Wildman–Crippen LogP) is 3.48. The van der Waals surface area contributed by atoms with Gasteiger partial charge in [0.1, 0.15) is 11.5 Å². The largest absolute Gasteiger partial charge is 0.497 e. The summed E-state index contributed by atoms with van der Waals surface area (Å²) in [6.45, 7) is 1.29. The van der Waals surface area contributed by atoms with Gasteiger partial charge in [-0.1, -0.05) is 18.2 Å². The normalized spacial score (nSPS) is 14.1. The number of H-pyrrole nitrogens is 1. The molecule has 8 nitrogen and oxygen atoms in total. The predicted molar refractivity (Wildman–Crippen MR) is 125 cm³/mol. The Labute approximate surface area is 193 Å². The number of hydrogen-bond acceptors (Lipinski definition) is 5. The summed E-state index contributed by atoms with van der Waals surface area (Å²) in [7, 11) is 3.35. The van der Waals surface area contributed by atoms with Crippen LogP contribution in [0.2, 0.25) is 0 Å². The van der Waals surface area contributed by atoms with E-state index in [-0.39, 0.29) is 24.3 Å². The van der Waals surface area contributed by atoms with Gasteiger partial charge in [-0.15, -0.1) is 0 Å². The van der Waals surface area contributed by atoms with Gasteiger partial charge >= 0.3 is 0 Å². The maximum absolute atomic E-state index is 12.8. The molecule has 0 radical (unpaired) electrons. The zero-order chi connectivity index (χ0) is 23.2. The highest BCUT2D eigenvalue weighted by atomic mass is 16.5. The van der Waals surface area contributed by atoms with Crippen LogP contribution in [-0.4, -0.2) is 60.8 Å². The lowest BCUT2D eigenvalue weighted by molar-refractivity contribution is -0.134. The third-order valence-corrected chi connectivity index (χ3v) is 5.97. The average molecular weight is 449 g/mol. The molecule has 172 valence electrons. The van der Waals surface area contributed by atoms with Crippen molar-refractivity contribution in [3.8, 4) is 11.5 Å². The second-order valence-electron chi connectivity index (χ2n) is 8.03. The number of aromatic amines is 1. The summed E-state index contributed by atoms with van der Waals surface area (Å²) in [5, 5.41) is 7.27. The van der Waals surface area contributed by atoms with E-state index < -0.39 is 0 Å². The topological polar surface area (TPSA) is 87.8 Å². The molecule has 8 heteroatoms. The Morgan fingerprint density at radius 2 is 1.73 bits per heavy atom. The maximum atomic E-state index is 12.8. The number of rotatable bonds is 7. The Kier molecular flexibility index (Phi) is 6.92. The van der Waals surface area contributed by atoms with Crippen LogP contribution < -0.4 is 14.4 Å². The molecule has 1 N–H and O–H groups in total. The molecule has 1 aliphatic heterocycles. The molecule has 1 saturated heterocycles. The zero-order valence-electron chi connectivity index (χ0n) is 18.9. The van der Waals surface area contributed by atoms with Crippen molar-refractivity contribution in [3.05, 3.63) is 72.1 Å². The summed E-state index contributed by atoms with van der Waals surface area (Å²) >= 11 is 0. The minimum atomic E-state index is -0.160. The number of likely N-dealkylation sites (tertiary alicyclic amines) is 1. The summed E-state index contributed by atoms with van der Waals surface area (Å²) in [6, 6.07) is 18.5. The SMILES string of the molecule is COc1ccc(OCC(=O)N2CCC(c3cc(C(=O)N(C)c4ccccc4)n[nH]3)CC2)cc1. The number of anilines is 1. The van der Waals surface area contributed by atoms with Crippen molar-refractivity contribution in [1.29, 1.82) is 0 Å². The molecule has 1 aliphatic rings. The number of nitrogens with one attached hydrogen (secondary N) is 1. The van der Waals surface area contributed by atoms with Crippen molar-refractivity contribution in [1.82, 2.24) is 15.1 Å².